The van der Waals surface area contributed by atoms with Gasteiger partial charge in [-0.2, -0.15) is 0 Å². The van der Waals surface area contributed by atoms with Crippen LogP contribution in [0.1, 0.15) is 58.8 Å². The van der Waals surface area contributed by atoms with Crippen LogP contribution in [0.3, 0.4) is 0 Å². The molecule has 4 aliphatic carbocycles. The third kappa shape index (κ3) is 2.61. The number of fused-ring (bicyclic) bond motifs is 5. The van der Waals surface area contributed by atoms with Crippen LogP contribution in [0.15, 0.2) is 23.5 Å². The lowest BCUT2D eigenvalue weighted by atomic mass is 9.52. The average Bonchev–Trinajstić information content (AvgIpc) is 2.99. The highest BCUT2D eigenvalue weighted by molar-refractivity contribution is 5.83. The number of carbonyl (C=O) groups is 1. The summed E-state index contributed by atoms with van der Waals surface area (Å²) in [6.45, 7) is 4.30. The van der Waals surface area contributed by atoms with Crippen molar-refractivity contribution in [2.45, 2.75) is 58.8 Å². The molecule has 0 aromatic heterocycles. The minimum atomic E-state index is -0.283. The molecule has 0 aromatic carbocycles. The zero-order valence-electron chi connectivity index (χ0n) is 16.5. The lowest BCUT2D eigenvalue weighted by Gasteiger charge is -2.52. The number of aliphatic hydroxyl groups is 1. The number of ketones is 1. The minimum absolute atomic E-state index is 0.0696. The first-order chi connectivity index (χ1) is 12.5. The van der Waals surface area contributed by atoms with Crippen LogP contribution < -0.4 is 0 Å². The van der Waals surface area contributed by atoms with Crippen molar-refractivity contribution < 1.29 is 14.6 Å². The van der Waals surface area contributed by atoms with Gasteiger partial charge in [-0.1, -0.05) is 26.3 Å². The number of Topliss-reactive ketones (excluding diaryl/α,β-unsaturated/α-hetero) is 1. The first-order valence-corrected chi connectivity index (χ1v) is 10.6. The molecule has 0 saturated heterocycles. The molecule has 0 amide bonds. The lowest BCUT2D eigenvalue weighted by molar-refractivity contribution is -0.133. The van der Waals surface area contributed by atoms with E-state index in [4.69, 9.17) is 4.74 Å². The van der Waals surface area contributed by atoms with Gasteiger partial charge >= 0.3 is 0 Å². The van der Waals surface area contributed by atoms with Crippen LogP contribution in [0.4, 0.5) is 0 Å². The topological polar surface area (TPSA) is 46.5 Å². The summed E-state index contributed by atoms with van der Waals surface area (Å²) in [5.41, 5.74) is 1.60. The van der Waals surface area contributed by atoms with Crippen LogP contribution in [0, 0.1) is 40.9 Å². The first-order valence-electron chi connectivity index (χ1n) is 10.6. The molecule has 0 heterocycles. The Hall–Kier alpha value is -1.09. The Labute approximate surface area is 157 Å². The van der Waals surface area contributed by atoms with Crippen LogP contribution >= 0.6 is 0 Å². The van der Waals surface area contributed by atoms with Crippen molar-refractivity contribution in [2.75, 3.05) is 13.7 Å². The average molecular weight is 359 g/mol. The van der Waals surface area contributed by atoms with Crippen molar-refractivity contribution in [1.29, 1.82) is 0 Å². The van der Waals surface area contributed by atoms with Crippen molar-refractivity contribution in [1.82, 2.24) is 0 Å². The quantitative estimate of drug-likeness (QED) is 0.804. The number of methoxy groups -OCH3 is 1. The van der Waals surface area contributed by atoms with Gasteiger partial charge in [0.25, 0.3) is 0 Å². The van der Waals surface area contributed by atoms with E-state index >= 15 is 0 Å². The normalized spacial score (nSPS) is 44.3. The largest absolute Gasteiger partial charge is 0.501 e. The number of hydrogen-bond donors (Lipinski definition) is 1. The fourth-order valence-corrected chi connectivity index (χ4v) is 7.40. The highest BCUT2D eigenvalue weighted by Gasteiger charge is 2.59. The van der Waals surface area contributed by atoms with Crippen molar-refractivity contribution in [3.8, 4) is 0 Å². The molecular weight excluding hydrogens is 324 g/mol. The summed E-state index contributed by atoms with van der Waals surface area (Å²) in [7, 11) is 1.78. The van der Waals surface area contributed by atoms with E-state index in [1.807, 2.05) is 0 Å². The molecule has 0 aliphatic heterocycles. The van der Waals surface area contributed by atoms with Gasteiger partial charge in [-0.05, 0) is 78.8 Å². The van der Waals surface area contributed by atoms with Gasteiger partial charge in [-0.15, -0.1) is 0 Å². The van der Waals surface area contributed by atoms with E-state index in [-0.39, 0.29) is 23.7 Å². The molecule has 3 heteroatoms. The van der Waals surface area contributed by atoms with E-state index in [9.17, 15) is 9.90 Å². The summed E-state index contributed by atoms with van der Waals surface area (Å²) in [4.78, 5) is 12.6. The number of rotatable bonds is 4. The second-order valence-electron chi connectivity index (χ2n) is 9.38. The number of ether oxygens (including phenoxy) is 1. The van der Waals surface area contributed by atoms with Gasteiger partial charge in [-0.3, -0.25) is 4.79 Å². The molecule has 4 aliphatic rings. The molecule has 0 radical (unpaired) electrons. The van der Waals surface area contributed by atoms with Gasteiger partial charge in [0.2, 0.25) is 0 Å². The van der Waals surface area contributed by atoms with Crippen molar-refractivity contribution in [2.24, 2.45) is 40.9 Å². The van der Waals surface area contributed by atoms with E-state index in [1.165, 1.54) is 24.8 Å². The number of allylic oxidation sites excluding steroid dienone is 4. The molecule has 0 bridgehead atoms. The highest BCUT2D eigenvalue weighted by atomic mass is 16.5. The summed E-state index contributed by atoms with van der Waals surface area (Å²) in [5, 5.41) is 9.57. The molecule has 1 N–H and O–H groups in total. The predicted molar refractivity (Wildman–Crippen MR) is 102 cm³/mol. The number of hydrogen-bond acceptors (Lipinski definition) is 3. The lowest BCUT2D eigenvalue weighted by Crippen LogP contribution is -2.47. The zero-order chi connectivity index (χ0) is 18.5. The summed E-state index contributed by atoms with van der Waals surface area (Å²) < 4.78 is 5.50. The van der Waals surface area contributed by atoms with Gasteiger partial charge in [0.05, 0.1) is 12.9 Å². The number of aliphatic hydroxyl groups excluding tert-OH is 1. The Balaban J connectivity index is 1.64. The van der Waals surface area contributed by atoms with E-state index in [2.05, 4.69) is 26.0 Å². The van der Waals surface area contributed by atoms with Gasteiger partial charge in [0, 0.05) is 12.3 Å². The Morgan fingerprint density at radius 2 is 2.15 bits per heavy atom. The van der Waals surface area contributed by atoms with Crippen LogP contribution in [0.25, 0.3) is 0 Å². The fraction of sp³-hybridized carbons (Fsp3) is 0.783. The Kier molecular flexibility index (Phi) is 4.79. The van der Waals surface area contributed by atoms with Crippen molar-refractivity contribution in [3.05, 3.63) is 23.5 Å². The standard InChI is InChI=1S/C23H34O3/c1-4-14-12-20-19-7-5-15-11-16(26-3)6-8-17(15)18(19)9-10-23(20,2)22(14)21(25)13-24/h5,11,14,17-20,22,24H,4,6-10,12-13H2,1-3H3/t14-,17+,18-,19-,20+,22-,23+/m1/s1. The highest BCUT2D eigenvalue weighted by Crippen LogP contribution is 2.65. The SMILES string of the molecule is CC[C@@H]1C[C@H]2[C@@H]3CC=C4C=C(OC)CC[C@@H]4[C@H]3CC[C@]2(C)[C@H]1C(=O)CO. The maximum absolute atomic E-state index is 12.6. The molecule has 26 heavy (non-hydrogen) atoms. The summed E-state index contributed by atoms with van der Waals surface area (Å²) >= 11 is 0. The van der Waals surface area contributed by atoms with Crippen molar-refractivity contribution >= 4 is 5.78 Å². The first kappa shape index (κ1) is 18.3. The van der Waals surface area contributed by atoms with E-state index < -0.39 is 0 Å². The number of carbonyl (C=O) groups excluding carboxylic acids is 1. The maximum Gasteiger partial charge on any atom is 0.162 e. The van der Waals surface area contributed by atoms with Gasteiger partial charge in [-0.25, -0.2) is 0 Å². The van der Waals surface area contributed by atoms with E-state index in [0.29, 0.717) is 23.7 Å². The molecule has 2 fully saturated rings. The molecule has 144 valence electrons. The third-order valence-corrected chi connectivity index (χ3v) is 8.56. The monoisotopic (exact) mass is 358 g/mol. The minimum Gasteiger partial charge on any atom is -0.501 e. The maximum atomic E-state index is 12.6. The van der Waals surface area contributed by atoms with Gasteiger partial charge in [0.1, 0.15) is 6.61 Å². The molecule has 3 nitrogen and oxygen atoms in total. The van der Waals surface area contributed by atoms with Gasteiger partial charge < -0.3 is 9.84 Å². The molecule has 0 aromatic rings. The van der Waals surface area contributed by atoms with Crippen LogP contribution in [-0.4, -0.2) is 24.6 Å². The third-order valence-electron chi connectivity index (χ3n) is 8.56. The Morgan fingerprint density at radius 3 is 2.85 bits per heavy atom. The molecule has 0 spiro atoms. The van der Waals surface area contributed by atoms with Crippen LogP contribution in [-0.2, 0) is 9.53 Å². The molecular formula is C23H34O3. The smallest absolute Gasteiger partial charge is 0.162 e. The van der Waals surface area contributed by atoms with E-state index in [0.717, 1.165) is 37.4 Å². The molecule has 2 saturated carbocycles. The van der Waals surface area contributed by atoms with E-state index in [1.54, 1.807) is 7.11 Å². The van der Waals surface area contributed by atoms with Crippen LogP contribution in [0.2, 0.25) is 0 Å². The zero-order valence-corrected chi connectivity index (χ0v) is 16.5. The fourth-order valence-electron chi connectivity index (χ4n) is 7.40. The second-order valence-corrected chi connectivity index (χ2v) is 9.38. The van der Waals surface area contributed by atoms with Crippen molar-refractivity contribution in [3.63, 3.8) is 0 Å². The van der Waals surface area contributed by atoms with Gasteiger partial charge in [0.15, 0.2) is 5.78 Å². The molecule has 7 atom stereocenters. The summed E-state index contributed by atoms with van der Waals surface area (Å²) in [6.07, 6.45) is 12.8. The Morgan fingerprint density at radius 1 is 1.35 bits per heavy atom. The summed E-state index contributed by atoms with van der Waals surface area (Å²) in [6, 6.07) is 0. The molecule has 0 unspecified atom stereocenters. The predicted octanol–water partition coefficient (Wildman–Crippen LogP) is 4.51. The Bertz CT molecular complexity index is 633. The summed E-state index contributed by atoms with van der Waals surface area (Å²) in [5.74, 6) is 4.56. The van der Waals surface area contributed by atoms with Crippen LogP contribution in [0.5, 0.6) is 0 Å². The second kappa shape index (κ2) is 6.82. The molecule has 4 rings (SSSR count).